The average molecular weight is 361 g/mol. The van der Waals surface area contributed by atoms with Crippen molar-refractivity contribution in [2.24, 2.45) is 13.0 Å². The van der Waals surface area contributed by atoms with Crippen molar-refractivity contribution in [1.29, 1.82) is 0 Å². The molecule has 1 aliphatic rings. The van der Waals surface area contributed by atoms with Crippen LogP contribution in [-0.2, 0) is 7.05 Å². The van der Waals surface area contributed by atoms with Crippen molar-refractivity contribution in [1.82, 2.24) is 24.3 Å². The summed E-state index contributed by atoms with van der Waals surface area (Å²) in [7, 11) is 2.01. The first kappa shape index (κ1) is 17.3. The van der Waals surface area contributed by atoms with Gasteiger partial charge in [0.15, 0.2) is 0 Å². The predicted octanol–water partition coefficient (Wildman–Crippen LogP) is 3.65. The number of pyridine rings is 1. The third-order valence-corrected chi connectivity index (χ3v) is 5.13. The van der Waals surface area contributed by atoms with Gasteiger partial charge in [0, 0.05) is 36.4 Å². The molecule has 0 bridgehead atoms. The fourth-order valence-corrected chi connectivity index (χ4v) is 3.62. The molecule has 6 nitrogen and oxygen atoms in total. The zero-order valence-corrected chi connectivity index (χ0v) is 15.5. The van der Waals surface area contributed by atoms with Gasteiger partial charge in [0.2, 0.25) is 0 Å². The summed E-state index contributed by atoms with van der Waals surface area (Å²) in [4.78, 5) is 15.1. The van der Waals surface area contributed by atoms with Gasteiger partial charge in [-0.15, -0.1) is 10.2 Å². The van der Waals surface area contributed by atoms with E-state index >= 15 is 0 Å². The maximum absolute atomic E-state index is 12.1. The van der Waals surface area contributed by atoms with Crippen LogP contribution in [0.4, 0.5) is 0 Å². The van der Waals surface area contributed by atoms with Crippen molar-refractivity contribution in [3.05, 3.63) is 77.4 Å². The van der Waals surface area contributed by atoms with E-state index in [9.17, 15) is 4.79 Å². The Morgan fingerprint density at radius 3 is 2.56 bits per heavy atom. The SMILES string of the molecule is CC1CC(c2nncn2C)C1.O=c1c2[nH]ccc2ccn1-c1ccccc1. The number of para-hydroxylation sites is 1. The van der Waals surface area contributed by atoms with Crippen molar-refractivity contribution in [3.8, 4) is 5.69 Å². The number of rotatable bonds is 2. The van der Waals surface area contributed by atoms with Gasteiger partial charge >= 0.3 is 0 Å². The molecule has 138 valence electrons. The van der Waals surface area contributed by atoms with E-state index in [-0.39, 0.29) is 5.56 Å². The summed E-state index contributed by atoms with van der Waals surface area (Å²) < 4.78 is 3.66. The number of fused-ring (bicyclic) bond motifs is 1. The molecule has 27 heavy (non-hydrogen) atoms. The molecule has 6 heteroatoms. The van der Waals surface area contributed by atoms with Gasteiger partial charge in [-0.05, 0) is 43.0 Å². The molecule has 4 aromatic rings. The lowest BCUT2D eigenvalue weighted by molar-refractivity contribution is 0.273. The molecule has 1 fully saturated rings. The van der Waals surface area contributed by atoms with Crippen LogP contribution >= 0.6 is 0 Å². The number of aromatic amines is 1. The minimum atomic E-state index is -0.0197. The first-order chi connectivity index (χ1) is 13.1. The molecule has 5 rings (SSSR count). The lowest BCUT2D eigenvalue weighted by atomic mass is 9.76. The highest BCUT2D eigenvalue weighted by Crippen LogP contribution is 2.39. The van der Waals surface area contributed by atoms with Gasteiger partial charge < -0.3 is 9.55 Å². The number of hydrogen-bond donors (Lipinski definition) is 1. The first-order valence-corrected chi connectivity index (χ1v) is 9.21. The Morgan fingerprint density at radius 2 is 1.89 bits per heavy atom. The lowest BCUT2D eigenvalue weighted by Crippen LogP contribution is -2.21. The van der Waals surface area contributed by atoms with Crippen molar-refractivity contribution in [2.45, 2.75) is 25.7 Å². The van der Waals surface area contributed by atoms with Gasteiger partial charge in [0.1, 0.15) is 17.7 Å². The van der Waals surface area contributed by atoms with Crippen LogP contribution in [-0.4, -0.2) is 24.3 Å². The predicted molar refractivity (Wildman–Crippen MR) is 106 cm³/mol. The molecule has 0 atom stereocenters. The van der Waals surface area contributed by atoms with Crippen molar-refractivity contribution in [3.63, 3.8) is 0 Å². The first-order valence-electron chi connectivity index (χ1n) is 9.21. The van der Waals surface area contributed by atoms with Crippen LogP contribution in [0.5, 0.6) is 0 Å². The summed E-state index contributed by atoms with van der Waals surface area (Å²) in [5, 5.41) is 8.89. The summed E-state index contributed by atoms with van der Waals surface area (Å²) >= 11 is 0. The van der Waals surface area contributed by atoms with Crippen LogP contribution in [0, 0.1) is 5.92 Å². The van der Waals surface area contributed by atoms with Crippen LogP contribution in [0.15, 0.2) is 66.0 Å². The molecular weight excluding hydrogens is 338 g/mol. The van der Waals surface area contributed by atoms with E-state index in [1.54, 1.807) is 23.3 Å². The average Bonchev–Trinajstić information content (AvgIpc) is 3.30. The maximum atomic E-state index is 12.1. The highest BCUT2D eigenvalue weighted by Gasteiger charge is 2.29. The van der Waals surface area contributed by atoms with Gasteiger partial charge in [-0.1, -0.05) is 25.1 Å². The van der Waals surface area contributed by atoms with Gasteiger partial charge in [0.25, 0.3) is 5.56 Å². The molecule has 1 N–H and O–H groups in total. The fourth-order valence-electron chi connectivity index (χ4n) is 3.62. The minimum absolute atomic E-state index is 0.0197. The number of aromatic nitrogens is 5. The van der Waals surface area contributed by atoms with Crippen molar-refractivity contribution in [2.75, 3.05) is 0 Å². The molecule has 0 saturated heterocycles. The van der Waals surface area contributed by atoms with E-state index in [0.717, 1.165) is 22.8 Å². The molecule has 3 aromatic heterocycles. The van der Waals surface area contributed by atoms with Gasteiger partial charge in [-0.2, -0.15) is 0 Å². The van der Waals surface area contributed by atoms with Gasteiger partial charge in [-0.25, -0.2) is 0 Å². The van der Waals surface area contributed by atoms with Crippen LogP contribution in [0.25, 0.3) is 16.6 Å². The van der Waals surface area contributed by atoms with Crippen LogP contribution < -0.4 is 5.56 Å². The second kappa shape index (κ2) is 7.23. The molecule has 1 aromatic carbocycles. The molecule has 0 radical (unpaired) electrons. The normalized spacial score (nSPS) is 18.6. The number of nitrogens with zero attached hydrogens (tertiary/aromatic N) is 4. The summed E-state index contributed by atoms with van der Waals surface area (Å²) in [6.45, 7) is 2.28. The van der Waals surface area contributed by atoms with E-state index in [1.165, 1.54) is 12.8 Å². The van der Waals surface area contributed by atoms with Crippen molar-refractivity contribution >= 4 is 10.9 Å². The maximum Gasteiger partial charge on any atom is 0.279 e. The molecule has 0 spiro atoms. The van der Waals surface area contributed by atoms with E-state index in [1.807, 2.05) is 54.1 Å². The molecular formula is C21H23N5O. The largest absolute Gasteiger partial charge is 0.357 e. The fraction of sp³-hybridized carbons (Fsp3) is 0.286. The zero-order valence-electron chi connectivity index (χ0n) is 15.5. The summed E-state index contributed by atoms with van der Waals surface area (Å²) in [5.41, 5.74) is 1.50. The summed E-state index contributed by atoms with van der Waals surface area (Å²) in [6, 6.07) is 13.4. The van der Waals surface area contributed by atoms with Crippen LogP contribution in [0.2, 0.25) is 0 Å². The second-order valence-corrected chi connectivity index (χ2v) is 7.21. The Labute approximate surface area is 157 Å². The highest BCUT2D eigenvalue weighted by molar-refractivity contribution is 5.78. The summed E-state index contributed by atoms with van der Waals surface area (Å²) in [6.07, 6.45) is 7.92. The lowest BCUT2D eigenvalue weighted by Gasteiger charge is -2.31. The van der Waals surface area contributed by atoms with Gasteiger partial charge in [-0.3, -0.25) is 9.36 Å². The Bertz CT molecular complexity index is 1090. The molecule has 0 aliphatic heterocycles. The molecule has 0 amide bonds. The third kappa shape index (κ3) is 3.43. The topological polar surface area (TPSA) is 68.5 Å². The Morgan fingerprint density at radius 1 is 1.11 bits per heavy atom. The second-order valence-electron chi connectivity index (χ2n) is 7.21. The quantitative estimate of drug-likeness (QED) is 0.592. The third-order valence-electron chi connectivity index (χ3n) is 5.13. The monoisotopic (exact) mass is 361 g/mol. The van der Waals surface area contributed by atoms with Gasteiger partial charge in [0.05, 0.1) is 0 Å². The zero-order chi connectivity index (χ0) is 18.8. The number of aryl methyl sites for hydroxylation is 1. The highest BCUT2D eigenvalue weighted by atomic mass is 16.1. The Kier molecular flexibility index (Phi) is 4.62. The summed E-state index contributed by atoms with van der Waals surface area (Å²) in [5.74, 6) is 2.72. The molecule has 1 aliphatic carbocycles. The number of H-pyrrole nitrogens is 1. The number of hydrogen-bond acceptors (Lipinski definition) is 3. The molecule has 3 heterocycles. The van der Waals surface area contributed by atoms with Crippen LogP contribution in [0.3, 0.4) is 0 Å². The van der Waals surface area contributed by atoms with Crippen molar-refractivity contribution < 1.29 is 0 Å². The minimum Gasteiger partial charge on any atom is -0.357 e. The molecule has 1 saturated carbocycles. The molecule has 0 unspecified atom stereocenters. The number of benzene rings is 1. The van der Waals surface area contributed by atoms with E-state index in [0.29, 0.717) is 11.4 Å². The van der Waals surface area contributed by atoms with E-state index < -0.39 is 0 Å². The Hall–Kier alpha value is -3.15. The van der Waals surface area contributed by atoms with E-state index in [2.05, 4.69) is 22.1 Å². The number of nitrogens with one attached hydrogen (secondary N) is 1. The standard InChI is InChI=1S/C13H10N2O.C8H13N3/c16-13-12-10(6-8-14-12)7-9-15(13)11-4-2-1-3-5-11;1-6-3-7(4-6)8-10-9-5-11(8)2/h1-9,14H;5-7H,3-4H2,1-2H3. The van der Waals surface area contributed by atoms with Crippen LogP contribution in [0.1, 0.15) is 31.5 Å². The smallest absolute Gasteiger partial charge is 0.279 e. The Balaban J connectivity index is 0.000000143. The van der Waals surface area contributed by atoms with E-state index in [4.69, 9.17) is 0 Å².